The number of hydrogen-bond donors (Lipinski definition) is 0. The fraction of sp³-hybridized carbons (Fsp3) is 0.250. The van der Waals surface area contributed by atoms with Gasteiger partial charge in [0.05, 0.1) is 11.7 Å². The van der Waals surface area contributed by atoms with E-state index in [2.05, 4.69) is 10.2 Å². The van der Waals surface area contributed by atoms with Gasteiger partial charge in [0, 0.05) is 5.56 Å². The minimum Gasteiger partial charge on any atom is -0.491 e. The van der Waals surface area contributed by atoms with E-state index in [1.807, 2.05) is 13.8 Å². The summed E-state index contributed by atoms with van der Waals surface area (Å²) in [6.45, 7) is 5.49. The van der Waals surface area contributed by atoms with Gasteiger partial charge < -0.3 is 13.9 Å². The van der Waals surface area contributed by atoms with Crippen molar-refractivity contribution < 1.29 is 23.1 Å². The smallest absolute Gasteiger partial charge is 0.338 e. The van der Waals surface area contributed by atoms with Crippen LogP contribution in [0.4, 0.5) is 4.39 Å². The molecule has 0 bridgehead atoms. The van der Waals surface area contributed by atoms with Crippen molar-refractivity contribution in [3.63, 3.8) is 0 Å². The lowest BCUT2D eigenvalue weighted by atomic mass is 10.2. The Hall–Kier alpha value is -3.22. The van der Waals surface area contributed by atoms with Gasteiger partial charge in [0.2, 0.25) is 5.89 Å². The van der Waals surface area contributed by atoms with Gasteiger partial charge in [-0.1, -0.05) is 0 Å². The molecule has 0 saturated heterocycles. The standard InChI is InChI=1S/C20H19FN2O4/c1-12(2)25-17-10-6-15(7-11-17)20(24)26-13(3)18-22-23-19(27-18)14-4-8-16(21)9-5-14/h4-13H,1-3H3/t13-/m0/s1. The number of hydrogen-bond acceptors (Lipinski definition) is 6. The van der Waals surface area contributed by atoms with E-state index in [0.717, 1.165) is 0 Å². The van der Waals surface area contributed by atoms with Crippen LogP contribution in [0.2, 0.25) is 0 Å². The van der Waals surface area contributed by atoms with E-state index < -0.39 is 12.1 Å². The number of esters is 1. The molecule has 27 heavy (non-hydrogen) atoms. The molecule has 1 heterocycles. The summed E-state index contributed by atoms with van der Waals surface area (Å²) in [5, 5.41) is 7.81. The molecule has 1 aromatic heterocycles. The molecule has 7 heteroatoms. The highest BCUT2D eigenvalue weighted by Crippen LogP contribution is 2.23. The summed E-state index contributed by atoms with van der Waals surface area (Å²) in [5.74, 6) is 0.187. The average molecular weight is 370 g/mol. The van der Waals surface area contributed by atoms with Crippen molar-refractivity contribution in [2.45, 2.75) is 33.0 Å². The number of nitrogens with zero attached hydrogens (tertiary/aromatic N) is 2. The highest BCUT2D eigenvalue weighted by Gasteiger charge is 2.20. The first-order chi connectivity index (χ1) is 12.9. The number of rotatable bonds is 6. The second kappa shape index (κ2) is 7.99. The molecule has 3 aromatic rings. The monoisotopic (exact) mass is 370 g/mol. The second-order valence-corrected chi connectivity index (χ2v) is 6.19. The Morgan fingerprint density at radius 1 is 1.00 bits per heavy atom. The average Bonchev–Trinajstić information content (AvgIpc) is 3.12. The van der Waals surface area contributed by atoms with Crippen LogP contribution in [0.5, 0.6) is 5.75 Å². The Morgan fingerprint density at radius 3 is 2.30 bits per heavy atom. The fourth-order valence-electron chi connectivity index (χ4n) is 2.33. The van der Waals surface area contributed by atoms with E-state index in [-0.39, 0.29) is 23.7 Å². The number of aromatic nitrogens is 2. The lowest BCUT2D eigenvalue weighted by molar-refractivity contribution is 0.0280. The first kappa shape index (κ1) is 18.6. The van der Waals surface area contributed by atoms with Gasteiger partial charge in [0.1, 0.15) is 11.6 Å². The summed E-state index contributed by atoms with van der Waals surface area (Å²) in [6, 6.07) is 12.3. The second-order valence-electron chi connectivity index (χ2n) is 6.19. The van der Waals surface area contributed by atoms with Crippen LogP contribution in [-0.2, 0) is 4.74 Å². The summed E-state index contributed by atoms with van der Waals surface area (Å²) < 4.78 is 29.4. The molecule has 140 valence electrons. The van der Waals surface area contributed by atoms with Gasteiger partial charge in [-0.05, 0) is 69.3 Å². The number of ether oxygens (including phenoxy) is 2. The Bertz CT molecular complexity index is 904. The molecule has 0 N–H and O–H groups in total. The van der Waals surface area contributed by atoms with E-state index in [9.17, 15) is 9.18 Å². The zero-order chi connectivity index (χ0) is 19.4. The lowest BCUT2D eigenvalue weighted by Gasteiger charge is -2.11. The molecule has 0 saturated carbocycles. The van der Waals surface area contributed by atoms with Gasteiger partial charge in [-0.2, -0.15) is 0 Å². The third-order valence-corrected chi connectivity index (χ3v) is 3.63. The van der Waals surface area contributed by atoms with Crippen LogP contribution in [0.3, 0.4) is 0 Å². The van der Waals surface area contributed by atoms with Gasteiger partial charge in [-0.3, -0.25) is 0 Å². The van der Waals surface area contributed by atoms with Crippen LogP contribution >= 0.6 is 0 Å². The molecule has 2 aromatic carbocycles. The summed E-state index contributed by atoms with van der Waals surface area (Å²) >= 11 is 0. The Balaban J connectivity index is 1.65. The third-order valence-electron chi connectivity index (χ3n) is 3.63. The van der Waals surface area contributed by atoms with Crippen LogP contribution < -0.4 is 4.74 Å². The van der Waals surface area contributed by atoms with Crippen molar-refractivity contribution in [3.05, 3.63) is 65.8 Å². The number of carbonyl (C=O) groups is 1. The minimum absolute atomic E-state index is 0.0515. The molecule has 0 aliphatic carbocycles. The van der Waals surface area contributed by atoms with Crippen LogP contribution in [-0.4, -0.2) is 22.3 Å². The third kappa shape index (κ3) is 4.69. The normalized spacial score (nSPS) is 12.0. The molecule has 0 amide bonds. The van der Waals surface area contributed by atoms with Crippen LogP contribution in [0.1, 0.15) is 43.1 Å². The van der Waals surface area contributed by atoms with E-state index in [0.29, 0.717) is 16.9 Å². The summed E-state index contributed by atoms with van der Waals surface area (Å²) in [4.78, 5) is 12.3. The zero-order valence-corrected chi connectivity index (χ0v) is 15.2. The maximum Gasteiger partial charge on any atom is 0.338 e. The van der Waals surface area contributed by atoms with E-state index in [1.165, 1.54) is 24.3 Å². The van der Waals surface area contributed by atoms with Crippen molar-refractivity contribution in [2.24, 2.45) is 0 Å². The summed E-state index contributed by atoms with van der Waals surface area (Å²) in [5.41, 5.74) is 0.964. The van der Waals surface area contributed by atoms with Gasteiger partial charge in [0.25, 0.3) is 5.89 Å². The predicted molar refractivity (Wildman–Crippen MR) is 95.7 cm³/mol. The molecule has 0 spiro atoms. The minimum atomic E-state index is -0.731. The molecule has 0 aliphatic heterocycles. The molecule has 0 radical (unpaired) electrons. The molecular formula is C20H19FN2O4. The lowest BCUT2D eigenvalue weighted by Crippen LogP contribution is -2.10. The predicted octanol–water partition coefficient (Wildman–Crippen LogP) is 4.58. The quantitative estimate of drug-likeness (QED) is 0.591. The van der Waals surface area contributed by atoms with Gasteiger partial charge in [-0.25, -0.2) is 9.18 Å². The highest BCUT2D eigenvalue weighted by atomic mass is 19.1. The van der Waals surface area contributed by atoms with E-state index >= 15 is 0 Å². The highest BCUT2D eigenvalue weighted by molar-refractivity contribution is 5.89. The molecule has 6 nitrogen and oxygen atoms in total. The maximum atomic E-state index is 13.0. The number of benzene rings is 2. The fourth-order valence-corrected chi connectivity index (χ4v) is 2.33. The van der Waals surface area contributed by atoms with E-state index in [4.69, 9.17) is 13.9 Å². The van der Waals surface area contributed by atoms with Crippen molar-refractivity contribution in [1.29, 1.82) is 0 Å². The molecule has 3 rings (SSSR count). The Kier molecular flexibility index (Phi) is 5.49. The SMILES string of the molecule is CC(C)Oc1ccc(C(=O)O[C@@H](C)c2nnc(-c3ccc(F)cc3)o2)cc1. The zero-order valence-electron chi connectivity index (χ0n) is 15.2. The van der Waals surface area contributed by atoms with Gasteiger partial charge in [0.15, 0.2) is 6.10 Å². The maximum absolute atomic E-state index is 13.0. The summed E-state index contributed by atoms with van der Waals surface area (Å²) in [6.07, 6.45) is -0.679. The van der Waals surface area contributed by atoms with Crippen LogP contribution in [0, 0.1) is 5.82 Å². The van der Waals surface area contributed by atoms with Crippen molar-refractivity contribution in [1.82, 2.24) is 10.2 Å². The summed E-state index contributed by atoms with van der Waals surface area (Å²) in [7, 11) is 0. The molecule has 0 fully saturated rings. The van der Waals surface area contributed by atoms with Crippen molar-refractivity contribution in [3.8, 4) is 17.2 Å². The Morgan fingerprint density at radius 2 is 1.67 bits per heavy atom. The van der Waals surface area contributed by atoms with Crippen molar-refractivity contribution >= 4 is 5.97 Å². The molecule has 0 unspecified atom stereocenters. The number of halogens is 1. The van der Waals surface area contributed by atoms with Crippen LogP contribution in [0.25, 0.3) is 11.5 Å². The first-order valence-corrected chi connectivity index (χ1v) is 8.49. The van der Waals surface area contributed by atoms with E-state index in [1.54, 1.807) is 31.2 Å². The van der Waals surface area contributed by atoms with Gasteiger partial charge >= 0.3 is 5.97 Å². The molecule has 0 aliphatic rings. The van der Waals surface area contributed by atoms with Gasteiger partial charge in [-0.15, -0.1) is 10.2 Å². The van der Waals surface area contributed by atoms with Crippen LogP contribution in [0.15, 0.2) is 52.9 Å². The topological polar surface area (TPSA) is 74.5 Å². The van der Waals surface area contributed by atoms with Crippen molar-refractivity contribution in [2.75, 3.05) is 0 Å². The largest absolute Gasteiger partial charge is 0.491 e. The first-order valence-electron chi connectivity index (χ1n) is 8.49. The molecular weight excluding hydrogens is 351 g/mol. The number of carbonyl (C=O) groups excluding carboxylic acids is 1. The Labute approximate surface area is 155 Å². The molecule has 1 atom stereocenters.